The van der Waals surface area contributed by atoms with Gasteiger partial charge in [0.05, 0.1) is 13.0 Å². The number of benzene rings is 2. The molecule has 0 radical (unpaired) electrons. The van der Waals surface area contributed by atoms with Gasteiger partial charge in [-0.15, -0.1) is 0 Å². The van der Waals surface area contributed by atoms with E-state index in [0.29, 0.717) is 18.9 Å². The van der Waals surface area contributed by atoms with E-state index in [1.807, 2.05) is 48.8 Å². The summed E-state index contributed by atoms with van der Waals surface area (Å²) in [6.45, 7) is 9.46. The zero-order valence-corrected chi connectivity index (χ0v) is 17.6. The Bertz CT molecular complexity index is 976. The molecule has 1 N–H and O–H groups in total. The summed E-state index contributed by atoms with van der Waals surface area (Å²) >= 11 is 0. The molecular weight excluding hydrogens is 362 g/mol. The lowest BCUT2D eigenvalue weighted by atomic mass is 10.1. The highest BCUT2D eigenvalue weighted by Crippen LogP contribution is 2.18. The molecule has 0 atom stereocenters. The largest absolute Gasteiger partial charge is 0.493 e. The normalized spacial score (nSPS) is 10.9. The average molecular weight is 392 g/mol. The Kier molecular flexibility index (Phi) is 6.70. The second-order valence-corrected chi connectivity index (χ2v) is 7.66. The van der Waals surface area contributed by atoms with Gasteiger partial charge in [0, 0.05) is 30.5 Å². The number of ether oxygens (including phenoxy) is 1. The van der Waals surface area contributed by atoms with Crippen molar-refractivity contribution in [3.05, 3.63) is 77.4 Å². The first-order chi connectivity index (χ1) is 13.9. The van der Waals surface area contributed by atoms with E-state index in [1.54, 1.807) is 0 Å². The number of carbonyl (C=O) groups is 1. The summed E-state index contributed by atoms with van der Waals surface area (Å²) in [5, 5.41) is 2.96. The molecular formula is C24H29N3O2. The van der Waals surface area contributed by atoms with E-state index in [4.69, 9.17) is 4.74 Å². The lowest BCUT2D eigenvalue weighted by Crippen LogP contribution is -2.15. The molecule has 0 aliphatic rings. The fourth-order valence-electron chi connectivity index (χ4n) is 3.19. The van der Waals surface area contributed by atoms with Crippen LogP contribution in [0.25, 0.3) is 0 Å². The molecule has 1 aromatic heterocycles. The predicted octanol–water partition coefficient (Wildman–Crippen LogP) is 5.08. The SMILES string of the molecule is Cc1ccc(OCCC(=O)Nc2cccc(Cn3ccnc3C(C)C)c2)cc1C. The first-order valence-corrected chi connectivity index (χ1v) is 10.0. The number of hydrogen-bond donors (Lipinski definition) is 1. The number of nitrogens with one attached hydrogen (secondary N) is 1. The Hall–Kier alpha value is -3.08. The van der Waals surface area contributed by atoms with Gasteiger partial charge in [-0.05, 0) is 54.8 Å². The molecule has 0 saturated heterocycles. The number of aryl methyl sites for hydroxylation is 2. The van der Waals surface area contributed by atoms with Crippen LogP contribution in [-0.2, 0) is 11.3 Å². The minimum absolute atomic E-state index is 0.0588. The molecule has 0 bridgehead atoms. The van der Waals surface area contributed by atoms with Crippen LogP contribution >= 0.6 is 0 Å². The van der Waals surface area contributed by atoms with Crippen molar-refractivity contribution in [2.24, 2.45) is 0 Å². The van der Waals surface area contributed by atoms with Gasteiger partial charge < -0.3 is 14.6 Å². The summed E-state index contributed by atoms with van der Waals surface area (Å²) in [6.07, 6.45) is 4.12. The molecule has 29 heavy (non-hydrogen) atoms. The van der Waals surface area contributed by atoms with E-state index in [2.05, 4.69) is 48.6 Å². The molecule has 0 spiro atoms. The predicted molar refractivity (Wildman–Crippen MR) is 117 cm³/mol. The summed E-state index contributed by atoms with van der Waals surface area (Å²) < 4.78 is 7.85. The number of imidazole rings is 1. The van der Waals surface area contributed by atoms with Gasteiger partial charge >= 0.3 is 0 Å². The quantitative estimate of drug-likeness (QED) is 0.583. The number of aromatic nitrogens is 2. The van der Waals surface area contributed by atoms with Crippen LogP contribution in [0.2, 0.25) is 0 Å². The Morgan fingerprint density at radius 2 is 1.97 bits per heavy atom. The van der Waals surface area contributed by atoms with Crippen LogP contribution in [0, 0.1) is 13.8 Å². The maximum Gasteiger partial charge on any atom is 0.227 e. The highest BCUT2D eigenvalue weighted by molar-refractivity contribution is 5.90. The molecule has 5 nitrogen and oxygen atoms in total. The second-order valence-electron chi connectivity index (χ2n) is 7.66. The maximum atomic E-state index is 12.3. The van der Waals surface area contributed by atoms with Crippen LogP contribution in [0.5, 0.6) is 5.75 Å². The lowest BCUT2D eigenvalue weighted by molar-refractivity contribution is -0.116. The molecule has 0 aliphatic heterocycles. The number of rotatable bonds is 8. The summed E-state index contributed by atoms with van der Waals surface area (Å²) in [5.41, 5.74) is 4.33. The van der Waals surface area contributed by atoms with Crippen molar-refractivity contribution < 1.29 is 9.53 Å². The number of hydrogen-bond acceptors (Lipinski definition) is 3. The minimum Gasteiger partial charge on any atom is -0.493 e. The van der Waals surface area contributed by atoms with Crippen molar-refractivity contribution >= 4 is 11.6 Å². The Labute approximate surface area is 172 Å². The van der Waals surface area contributed by atoms with Crippen LogP contribution in [0.15, 0.2) is 54.9 Å². The third-order valence-corrected chi connectivity index (χ3v) is 4.90. The van der Waals surface area contributed by atoms with Gasteiger partial charge in [0.15, 0.2) is 0 Å². The zero-order valence-electron chi connectivity index (χ0n) is 17.6. The highest BCUT2D eigenvalue weighted by Gasteiger charge is 2.09. The average Bonchev–Trinajstić information content (AvgIpc) is 3.13. The molecule has 5 heteroatoms. The molecule has 152 valence electrons. The van der Waals surface area contributed by atoms with Gasteiger partial charge in [-0.2, -0.15) is 0 Å². The van der Waals surface area contributed by atoms with Gasteiger partial charge in [-0.1, -0.05) is 32.0 Å². The minimum atomic E-state index is -0.0588. The van der Waals surface area contributed by atoms with Gasteiger partial charge in [0.25, 0.3) is 0 Å². The lowest BCUT2D eigenvalue weighted by Gasteiger charge is -2.12. The van der Waals surface area contributed by atoms with Crippen molar-refractivity contribution in [1.82, 2.24) is 9.55 Å². The summed E-state index contributed by atoms with van der Waals surface area (Å²) in [7, 11) is 0. The van der Waals surface area contributed by atoms with Crippen LogP contribution < -0.4 is 10.1 Å². The van der Waals surface area contributed by atoms with E-state index in [-0.39, 0.29) is 5.91 Å². The standard InChI is InChI=1S/C24H29N3O2/c1-17(2)24-25-11-12-27(24)16-20-6-5-7-21(15-20)26-23(28)10-13-29-22-9-8-18(3)19(4)14-22/h5-9,11-12,14-15,17H,10,13,16H2,1-4H3,(H,26,28). The van der Waals surface area contributed by atoms with Gasteiger partial charge in [-0.25, -0.2) is 4.98 Å². The highest BCUT2D eigenvalue weighted by atomic mass is 16.5. The van der Waals surface area contributed by atoms with E-state index < -0.39 is 0 Å². The van der Waals surface area contributed by atoms with Crippen molar-refractivity contribution in [3.63, 3.8) is 0 Å². The van der Waals surface area contributed by atoms with Gasteiger partial charge in [0.1, 0.15) is 11.6 Å². The molecule has 0 unspecified atom stereocenters. The fourth-order valence-corrected chi connectivity index (χ4v) is 3.19. The molecule has 1 amide bonds. The summed E-state index contributed by atoms with van der Waals surface area (Å²) in [4.78, 5) is 16.7. The second kappa shape index (κ2) is 9.41. The molecule has 0 saturated carbocycles. The van der Waals surface area contributed by atoms with Crippen molar-refractivity contribution in [2.75, 3.05) is 11.9 Å². The molecule has 3 rings (SSSR count). The zero-order chi connectivity index (χ0) is 20.8. The van der Waals surface area contributed by atoms with Crippen LogP contribution in [0.3, 0.4) is 0 Å². The smallest absolute Gasteiger partial charge is 0.227 e. The Balaban J connectivity index is 1.53. The fraction of sp³-hybridized carbons (Fsp3) is 0.333. The molecule has 0 fully saturated rings. The molecule has 1 heterocycles. The molecule has 0 aliphatic carbocycles. The van der Waals surface area contributed by atoms with Gasteiger partial charge in [-0.3, -0.25) is 4.79 Å². The third-order valence-electron chi connectivity index (χ3n) is 4.90. The van der Waals surface area contributed by atoms with Crippen molar-refractivity contribution in [3.8, 4) is 5.75 Å². The van der Waals surface area contributed by atoms with E-state index in [0.717, 1.165) is 29.4 Å². The van der Waals surface area contributed by atoms with E-state index in [9.17, 15) is 4.79 Å². The third kappa shape index (κ3) is 5.70. The van der Waals surface area contributed by atoms with Crippen molar-refractivity contribution in [1.29, 1.82) is 0 Å². The summed E-state index contributed by atoms with van der Waals surface area (Å²) in [5.74, 6) is 2.16. The Morgan fingerprint density at radius 3 is 2.72 bits per heavy atom. The van der Waals surface area contributed by atoms with Crippen LogP contribution in [0.1, 0.15) is 48.7 Å². The van der Waals surface area contributed by atoms with Crippen molar-refractivity contribution in [2.45, 2.75) is 46.6 Å². The van der Waals surface area contributed by atoms with Crippen LogP contribution in [0.4, 0.5) is 5.69 Å². The molecule has 3 aromatic rings. The van der Waals surface area contributed by atoms with Crippen LogP contribution in [-0.4, -0.2) is 22.1 Å². The number of nitrogens with zero attached hydrogens (tertiary/aromatic N) is 2. The summed E-state index contributed by atoms with van der Waals surface area (Å²) in [6, 6.07) is 13.9. The topological polar surface area (TPSA) is 56.1 Å². The first kappa shape index (κ1) is 20.6. The van der Waals surface area contributed by atoms with E-state index >= 15 is 0 Å². The molecule has 2 aromatic carbocycles. The number of amides is 1. The van der Waals surface area contributed by atoms with E-state index in [1.165, 1.54) is 11.1 Å². The monoisotopic (exact) mass is 391 g/mol. The Morgan fingerprint density at radius 1 is 1.14 bits per heavy atom. The first-order valence-electron chi connectivity index (χ1n) is 10.0. The maximum absolute atomic E-state index is 12.3. The number of carbonyl (C=O) groups excluding carboxylic acids is 1. The number of anilines is 1. The van der Waals surface area contributed by atoms with Gasteiger partial charge in [0.2, 0.25) is 5.91 Å².